The van der Waals surface area contributed by atoms with Crippen LogP contribution < -0.4 is 5.32 Å². The average molecular weight is 428 g/mol. The van der Waals surface area contributed by atoms with E-state index in [1.165, 1.54) is 0 Å². The number of carboxylic acid groups (broad SMARTS) is 1. The summed E-state index contributed by atoms with van der Waals surface area (Å²) in [5, 5.41) is 22.9. The van der Waals surface area contributed by atoms with Crippen molar-refractivity contribution < 1.29 is 27.9 Å². The first kappa shape index (κ1) is 21.7. The number of carbonyl (C=O) groups is 2. The van der Waals surface area contributed by atoms with Crippen LogP contribution in [-0.2, 0) is 18.3 Å². The van der Waals surface area contributed by atoms with E-state index in [4.69, 9.17) is 0 Å². The number of nitrogens with one attached hydrogen (secondary N) is 2. The first-order chi connectivity index (χ1) is 14.1. The lowest BCUT2D eigenvalue weighted by Crippen LogP contribution is -2.40. The predicted octanol–water partition coefficient (Wildman–Crippen LogP) is 2.89. The van der Waals surface area contributed by atoms with Crippen molar-refractivity contribution in [3.05, 3.63) is 29.7 Å². The summed E-state index contributed by atoms with van der Waals surface area (Å²) in [5.74, 6) is 0.0169. The quantitative estimate of drug-likeness (QED) is 0.627. The molecule has 0 aromatic carbocycles. The van der Waals surface area contributed by atoms with E-state index < -0.39 is 31.3 Å². The lowest BCUT2D eigenvalue weighted by atomic mass is 10.0. The first-order valence-electron chi connectivity index (χ1n) is 9.49. The maximum atomic E-state index is 12.5. The molecule has 12 heteroatoms. The zero-order valence-electron chi connectivity index (χ0n) is 16.3. The summed E-state index contributed by atoms with van der Waals surface area (Å²) in [6, 6.07) is 1.19. The molecule has 2 amide bonds. The Morgan fingerprint density at radius 1 is 1.40 bits per heavy atom. The third-order valence-corrected chi connectivity index (χ3v) is 5.16. The highest BCUT2D eigenvalue weighted by molar-refractivity contribution is 5.91. The van der Waals surface area contributed by atoms with Crippen molar-refractivity contribution >= 4 is 17.8 Å². The number of amides is 2. The lowest BCUT2D eigenvalue weighted by Gasteiger charge is -2.26. The summed E-state index contributed by atoms with van der Waals surface area (Å²) in [5.41, 5.74) is 1.48. The number of hydrogen-bond donors (Lipinski definition) is 3. The van der Waals surface area contributed by atoms with Crippen molar-refractivity contribution in [2.24, 2.45) is 7.05 Å². The number of H-pyrrole nitrogens is 1. The molecule has 2 heterocycles. The second kappa shape index (κ2) is 8.76. The summed E-state index contributed by atoms with van der Waals surface area (Å²) in [7, 11) is 1.75. The molecule has 30 heavy (non-hydrogen) atoms. The van der Waals surface area contributed by atoms with Gasteiger partial charge in [0, 0.05) is 43.5 Å². The van der Waals surface area contributed by atoms with Gasteiger partial charge in [0.15, 0.2) is 5.82 Å². The Morgan fingerprint density at radius 2 is 2.17 bits per heavy atom. The molecule has 2 atom stereocenters. The molecule has 0 bridgehead atoms. The van der Waals surface area contributed by atoms with Crippen molar-refractivity contribution in [3.63, 3.8) is 0 Å². The minimum absolute atomic E-state index is 0.0702. The molecular weight excluding hydrogens is 405 g/mol. The van der Waals surface area contributed by atoms with E-state index in [2.05, 4.69) is 20.6 Å². The van der Waals surface area contributed by atoms with E-state index in [1.807, 2.05) is 0 Å². The van der Waals surface area contributed by atoms with E-state index in [0.717, 1.165) is 16.2 Å². The van der Waals surface area contributed by atoms with Gasteiger partial charge in [-0.25, -0.2) is 4.79 Å². The number of hydrogen-bond acceptors (Lipinski definition) is 4. The third-order valence-electron chi connectivity index (χ3n) is 5.16. The molecule has 3 rings (SSSR count). The number of carbonyl (C=O) groups excluding carboxylic acids is 1. The SMILES string of the molecule is Cn1cc(CC(=O)Nc2cc(C3CCC(N(CCC(F)(F)F)C(=O)O)C3)[nH]n2)cn1. The summed E-state index contributed by atoms with van der Waals surface area (Å²) in [6.45, 7) is -0.575. The average Bonchev–Trinajstić information content (AvgIpc) is 3.35. The van der Waals surface area contributed by atoms with Crippen LogP contribution in [0.2, 0.25) is 0 Å². The summed E-state index contributed by atoms with van der Waals surface area (Å²) < 4.78 is 39.0. The van der Waals surface area contributed by atoms with Crippen molar-refractivity contribution in [2.45, 2.75) is 50.2 Å². The van der Waals surface area contributed by atoms with Gasteiger partial charge in [-0.2, -0.15) is 23.4 Å². The van der Waals surface area contributed by atoms with E-state index >= 15 is 0 Å². The molecule has 2 aromatic heterocycles. The molecule has 0 spiro atoms. The summed E-state index contributed by atoms with van der Waals surface area (Å²) >= 11 is 0. The topological polar surface area (TPSA) is 116 Å². The largest absolute Gasteiger partial charge is 0.465 e. The van der Waals surface area contributed by atoms with Crippen LogP contribution in [0, 0.1) is 0 Å². The maximum Gasteiger partial charge on any atom is 0.407 e. The predicted molar refractivity (Wildman–Crippen MR) is 99.9 cm³/mol. The molecule has 3 N–H and O–H groups in total. The molecule has 2 unspecified atom stereocenters. The lowest BCUT2D eigenvalue weighted by molar-refractivity contribution is -0.137. The smallest absolute Gasteiger partial charge is 0.407 e. The Labute approximate surface area is 170 Å². The number of halogens is 3. The monoisotopic (exact) mass is 428 g/mol. The number of alkyl halides is 3. The van der Waals surface area contributed by atoms with Gasteiger partial charge in [-0.3, -0.25) is 14.6 Å². The molecule has 0 radical (unpaired) electrons. The highest BCUT2D eigenvalue weighted by Gasteiger charge is 2.36. The van der Waals surface area contributed by atoms with Gasteiger partial charge >= 0.3 is 12.3 Å². The van der Waals surface area contributed by atoms with E-state index in [9.17, 15) is 27.9 Å². The normalized spacial score (nSPS) is 19.1. The molecule has 0 aliphatic heterocycles. The number of aromatic nitrogens is 4. The minimum atomic E-state index is -4.40. The molecular formula is C18H23F3N6O3. The molecule has 164 valence electrons. The van der Waals surface area contributed by atoms with Gasteiger partial charge in [0.25, 0.3) is 0 Å². The maximum absolute atomic E-state index is 12.5. The van der Waals surface area contributed by atoms with Gasteiger partial charge in [-0.1, -0.05) is 0 Å². The van der Waals surface area contributed by atoms with Crippen LogP contribution in [0.1, 0.15) is 42.9 Å². The Morgan fingerprint density at radius 3 is 2.80 bits per heavy atom. The number of rotatable bonds is 7. The highest BCUT2D eigenvalue weighted by Crippen LogP contribution is 2.37. The van der Waals surface area contributed by atoms with Crippen LogP contribution in [-0.4, -0.2) is 60.7 Å². The van der Waals surface area contributed by atoms with Gasteiger partial charge in [-0.15, -0.1) is 0 Å². The second-order valence-electron chi connectivity index (χ2n) is 7.46. The second-order valence-corrected chi connectivity index (χ2v) is 7.46. The molecule has 0 saturated heterocycles. The van der Waals surface area contributed by atoms with E-state index in [1.54, 1.807) is 30.2 Å². The van der Waals surface area contributed by atoms with Crippen LogP contribution in [0.3, 0.4) is 0 Å². The molecule has 1 saturated carbocycles. The molecule has 9 nitrogen and oxygen atoms in total. The van der Waals surface area contributed by atoms with Gasteiger partial charge in [0.2, 0.25) is 5.91 Å². The standard InChI is InChI=1S/C18H23F3N6O3/c1-26-10-11(9-22-26)6-16(28)23-15-8-14(24-25-15)12-2-3-13(7-12)27(17(29)30)5-4-18(19,20)21/h8-10,12-13H,2-7H2,1H3,(H,29,30)(H2,23,24,25,28). The van der Waals surface area contributed by atoms with Crippen LogP contribution in [0.15, 0.2) is 18.5 Å². The van der Waals surface area contributed by atoms with Crippen molar-refractivity contribution in [1.82, 2.24) is 24.9 Å². The van der Waals surface area contributed by atoms with Crippen LogP contribution in [0.5, 0.6) is 0 Å². The van der Waals surface area contributed by atoms with Gasteiger partial charge < -0.3 is 15.3 Å². The number of aromatic amines is 1. The van der Waals surface area contributed by atoms with E-state index in [-0.39, 0.29) is 18.2 Å². The van der Waals surface area contributed by atoms with Crippen LogP contribution >= 0.6 is 0 Å². The van der Waals surface area contributed by atoms with Crippen LogP contribution in [0.25, 0.3) is 0 Å². The zero-order chi connectivity index (χ0) is 21.9. The molecule has 1 aliphatic rings. The number of aryl methyl sites for hydroxylation is 1. The summed E-state index contributed by atoms with van der Waals surface area (Å²) in [4.78, 5) is 24.4. The van der Waals surface area contributed by atoms with Gasteiger partial charge in [-0.05, 0) is 24.8 Å². The fourth-order valence-corrected chi connectivity index (χ4v) is 3.75. The Hall–Kier alpha value is -3.05. The number of nitrogens with zero attached hydrogens (tertiary/aromatic N) is 4. The molecule has 2 aromatic rings. The van der Waals surface area contributed by atoms with Gasteiger partial charge in [0.05, 0.1) is 19.0 Å². The van der Waals surface area contributed by atoms with Crippen molar-refractivity contribution in [1.29, 1.82) is 0 Å². The van der Waals surface area contributed by atoms with Gasteiger partial charge in [0.1, 0.15) is 0 Å². The van der Waals surface area contributed by atoms with Crippen molar-refractivity contribution in [3.8, 4) is 0 Å². The number of anilines is 1. The fourth-order valence-electron chi connectivity index (χ4n) is 3.75. The Bertz CT molecular complexity index is 894. The van der Waals surface area contributed by atoms with E-state index in [0.29, 0.717) is 25.1 Å². The van der Waals surface area contributed by atoms with Crippen molar-refractivity contribution in [2.75, 3.05) is 11.9 Å². The first-order valence-corrected chi connectivity index (χ1v) is 9.49. The molecule has 1 fully saturated rings. The molecule has 1 aliphatic carbocycles. The third kappa shape index (κ3) is 5.74. The Balaban J connectivity index is 1.55. The minimum Gasteiger partial charge on any atom is -0.465 e. The highest BCUT2D eigenvalue weighted by atomic mass is 19.4. The summed E-state index contributed by atoms with van der Waals surface area (Å²) in [6.07, 6.45) is -1.96. The Kier molecular flexibility index (Phi) is 6.32. The van der Waals surface area contributed by atoms with Crippen LogP contribution in [0.4, 0.5) is 23.8 Å². The zero-order valence-corrected chi connectivity index (χ0v) is 16.3. The fraction of sp³-hybridized carbons (Fsp3) is 0.556.